The maximum absolute atomic E-state index is 10.1. The van der Waals surface area contributed by atoms with Gasteiger partial charge in [0.2, 0.25) is 5.95 Å². The van der Waals surface area contributed by atoms with Crippen LogP contribution in [0.3, 0.4) is 0 Å². The zero-order valence-corrected chi connectivity index (χ0v) is 14.4. The molecule has 0 saturated carbocycles. The Kier molecular flexibility index (Phi) is 4.20. The molecule has 0 aliphatic carbocycles. The Morgan fingerprint density at radius 1 is 1.19 bits per heavy atom. The average molecular weight is 357 g/mol. The van der Waals surface area contributed by atoms with E-state index in [1.54, 1.807) is 49.6 Å². The number of nitriles is 1. The summed E-state index contributed by atoms with van der Waals surface area (Å²) in [6, 6.07) is 14.6. The largest absolute Gasteiger partial charge is 0.387 e. The van der Waals surface area contributed by atoms with Gasteiger partial charge in [-0.3, -0.25) is 0 Å². The molecule has 2 N–H and O–H groups in total. The van der Waals surface area contributed by atoms with Crippen molar-refractivity contribution in [2.75, 3.05) is 5.32 Å². The van der Waals surface area contributed by atoms with Gasteiger partial charge in [0.25, 0.3) is 0 Å². The lowest BCUT2D eigenvalue weighted by Crippen LogP contribution is -2.00. The maximum Gasteiger partial charge on any atom is 0.227 e. The van der Waals surface area contributed by atoms with Crippen molar-refractivity contribution in [1.82, 2.24) is 24.8 Å². The summed E-state index contributed by atoms with van der Waals surface area (Å²) in [5.74, 6) is 0.377. The number of anilines is 2. The first kappa shape index (κ1) is 16.6. The summed E-state index contributed by atoms with van der Waals surface area (Å²) >= 11 is 0. The van der Waals surface area contributed by atoms with Crippen LogP contribution in [0.4, 0.5) is 11.6 Å². The van der Waals surface area contributed by atoms with Crippen LogP contribution in [-0.2, 0) is 0 Å². The molecular formula is C19H15N7O. The Labute approximate surface area is 154 Å². The van der Waals surface area contributed by atoms with Gasteiger partial charge in [0.05, 0.1) is 34.5 Å². The van der Waals surface area contributed by atoms with Gasteiger partial charge in [-0.05, 0) is 43.3 Å². The molecule has 0 spiro atoms. The second-order valence-corrected chi connectivity index (χ2v) is 5.92. The van der Waals surface area contributed by atoms with E-state index in [0.717, 1.165) is 5.52 Å². The summed E-state index contributed by atoms with van der Waals surface area (Å²) < 4.78 is 1.48. The molecule has 0 radical (unpaired) electrons. The smallest absolute Gasteiger partial charge is 0.227 e. The quantitative estimate of drug-likeness (QED) is 0.577. The Morgan fingerprint density at radius 3 is 2.89 bits per heavy atom. The lowest BCUT2D eigenvalue weighted by atomic mass is 10.1. The van der Waals surface area contributed by atoms with Crippen LogP contribution in [0.5, 0.6) is 0 Å². The predicted octanol–water partition coefficient (Wildman–Crippen LogP) is 2.85. The van der Waals surface area contributed by atoms with E-state index < -0.39 is 6.10 Å². The molecule has 8 heteroatoms. The third-order valence-corrected chi connectivity index (χ3v) is 4.00. The molecule has 0 amide bonds. The Balaban J connectivity index is 1.78. The summed E-state index contributed by atoms with van der Waals surface area (Å²) in [6.45, 7) is 1.65. The molecule has 4 aromatic rings. The summed E-state index contributed by atoms with van der Waals surface area (Å²) in [4.78, 5) is 8.81. The summed E-state index contributed by atoms with van der Waals surface area (Å²) in [7, 11) is 0. The topological polar surface area (TPSA) is 112 Å². The van der Waals surface area contributed by atoms with Crippen LogP contribution in [-0.4, -0.2) is 29.9 Å². The van der Waals surface area contributed by atoms with Crippen LogP contribution < -0.4 is 5.32 Å². The fourth-order valence-electron chi connectivity index (χ4n) is 2.82. The maximum atomic E-state index is 10.1. The van der Waals surface area contributed by atoms with E-state index in [1.165, 1.54) is 4.63 Å². The fraction of sp³-hybridized carbons (Fsp3) is 0.105. The number of hydrogen-bond acceptors (Lipinski definition) is 7. The van der Waals surface area contributed by atoms with Crippen molar-refractivity contribution >= 4 is 17.2 Å². The van der Waals surface area contributed by atoms with E-state index in [0.29, 0.717) is 34.2 Å². The zero-order valence-electron chi connectivity index (χ0n) is 14.4. The van der Waals surface area contributed by atoms with Gasteiger partial charge in [0.1, 0.15) is 5.69 Å². The minimum Gasteiger partial charge on any atom is -0.387 e. The van der Waals surface area contributed by atoms with Gasteiger partial charge >= 0.3 is 0 Å². The highest BCUT2D eigenvalue weighted by Gasteiger charge is 2.20. The minimum absolute atomic E-state index is 0.377. The molecule has 8 nitrogen and oxygen atoms in total. The van der Waals surface area contributed by atoms with Gasteiger partial charge in [0, 0.05) is 18.1 Å². The number of aromatic nitrogens is 5. The second kappa shape index (κ2) is 6.82. The lowest BCUT2D eigenvalue weighted by Gasteiger charge is -2.08. The van der Waals surface area contributed by atoms with E-state index in [-0.39, 0.29) is 0 Å². The first-order valence-corrected chi connectivity index (χ1v) is 8.28. The molecule has 0 aliphatic heterocycles. The Bertz CT molecular complexity index is 1160. The van der Waals surface area contributed by atoms with E-state index >= 15 is 0 Å². The lowest BCUT2D eigenvalue weighted by molar-refractivity contribution is 0.194. The second-order valence-electron chi connectivity index (χ2n) is 5.92. The summed E-state index contributed by atoms with van der Waals surface area (Å²) in [5.41, 5.74) is 3.80. The average Bonchev–Trinajstić information content (AvgIpc) is 3.08. The molecule has 3 aromatic heterocycles. The molecular weight excluding hydrogens is 342 g/mol. The molecule has 1 atom stereocenters. The highest BCUT2D eigenvalue weighted by atomic mass is 16.3. The van der Waals surface area contributed by atoms with Gasteiger partial charge < -0.3 is 10.4 Å². The highest BCUT2D eigenvalue weighted by Crippen LogP contribution is 2.30. The number of aliphatic hydroxyl groups excluding tert-OH is 1. The van der Waals surface area contributed by atoms with Crippen LogP contribution >= 0.6 is 0 Å². The number of nitrogens with one attached hydrogen (secondary N) is 1. The zero-order chi connectivity index (χ0) is 18.8. The van der Waals surface area contributed by atoms with E-state index in [4.69, 9.17) is 5.26 Å². The van der Waals surface area contributed by atoms with Gasteiger partial charge in [-0.2, -0.15) is 20.1 Å². The van der Waals surface area contributed by atoms with Crippen molar-refractivity contribution in [3.63, 3.8) is 0 Å². The number of nitrogens with zero attached hydrogens (tertiary/aromatic N) is 6. The van der Waals surface area contributed by atoms with Gasteiger partial charge in [-0.15, -0.1) is 0 Å². The van der Waals surface area contributed by atoms with Crippen molar-refractivity contribution in [3.05, 3.63) is 66.1 Å². The molecule has 27 heavy (non-hydrogen) atoms. The van der Waals surface area contributed by atoms with Crippen molar-refractivity contribution in [3.8, 4) is 17.3 Å². The fourth-order valence-corrected chi connectivity index (χ4v) is 2.82. The van der Waals surface area contributed by atoms with E-state index in [2.05, 4.69) is 31.6 Å². The van der Waals surface area contributed by atoms with Crippen molar-refractivity contribution < 1.29 is 5.11 Å². The van der Waals surface area contributed by atoms with Crippen LogP contribution in [0.25, 0.3) is 16.8 Å². The Morgan fingerprint density at radius 2 is 2.07 bits per heavy atom. The summed E-state index contributed by atoms with van der Waals surface area (Å²) in [5, 5.41) is 30.8. The molecule has 0 bridgehead atoms. The van der Waals surface area contributed by atoms with Crippen LogP contribution in [0.1, 0.15) is 24.3 Å². The number of hydrogen-bond donors (Lipinski definition) is 2. The van der Waals surface area contributed by atoms with Crippen LogP contribution in [0.2, 0.25) is 0 Å². The van der Waals surface area contributed by atoms with Crippen molar-refractivity contribution in [2.45, 2.75) is 13.0 Å². The molecule has 132 valence electrons. The third kappa shape index (κ3) is 3.19. The molecule has 0 fully saturated rings. The standard InChI is InChI=1S/C19H15N7O/c1-12(27)18-17(16-6-3-8-22-26(16)25-18)15-7-9-21-19(24-15)23-14-5-2-4-13(10-14)11-20/h2-10,12,27H,1H3,(H,21,23,24). The predicted molar refractivity (Wildman–Crippen MR) is 99.1 cm³/mol. The molecule has 1 aromatic carbocycles. The number of benzene rings is 1. The van der Waals surface area contributed by atoms with Gasteiger partial charge in [0.15, 0.2) is 0 Å². The number of fused-ring (bicyclic) bond motifs is 1. The number of rotatable bonds is 4. The first-order valence-electron chi connectivity index (χ1n) is 8.28. The SMILES string of the molecule is CC(O)c1nn2ncccc2c1-c1ccnc(Nc2cccc(C#N)c2)n1. The monoisotopic (exact) mass is 357 g/mol. The van der Waals surface area contributed by atoms with E-state index in [1.807, 2.05) is 12.1 Å². The molecule has 0 aliphatic rings. The van der Waals surface area contributed by atoms with E-state index in [9.17, 15) is 5.11 Å². The summed E-state index contributed by atoms with van der Waals surface area (Å²) in [6.07, 6.45) is 2.48. The van der Waals surface area contributed by atoms with Gasteiger partial charge in [-0.1, -0.05) is 6.07 Å². The molecule has 3 heterocycles. The molecule has 4 rings (SSSR count). The first-order chi connectivity index (χ1) is 13.2. The molecule has 1 unspecified atom stereocenters. The van der Waals surface area contributed by atoms with Crippen molar-refractivity contribution in [1.29, 1.82) is 5.26 Å². The highest BCUT2D eigenvalue weighted by molar-refractivity contribution is 5.80. The van der Waals surface area contributed by atoms with Crippen LogP contribution in [0.15, 0.2) is 54.9 Å². The van der Waals surface area contributed by atoms with Crippen LogP contribution in [0, 0.1) is 11.3 Å². The molecule has 0 saturated heterocycles. The minimum atomic E-state index is -0.777. The Hall–Kier alpha value is -3.83. The normalized spacial score (nSPS) is 11.9. The van der Waals surface area contributed by atoms with Crippen molar-refractivity contribution in [2.24, 2.45) is 0 Å². The van der Waals surface area contributed by atoms with Gasteiger partial charge in [-0.25, -0.2) is 9.97 Å². The number of aliphatic hydroxyl groups is 1. The third-order valence-electron chi connectivity index (χ3n) is 4.00.